The Balaban J connectivity index is 2.53. The fourth-order valence-electron chi connectivity index (χ4n) is 1.79. The lowest BCUT2D eigenvalue weighted by atomic mass is 10.2. The van der Waals surface area contributed by atoms with Gasteiger partial charge in [-0.1, -0.05) is 0 Å². The number of ether oxygens (including phenoxy) is 1. The second-order valence-corrected chi connectivity index (χ2v) is 5.29. The summed E-state index contributed by atoms with van der Waals surface area (Å²) in [5.41, 5.74) is 0.116. The molecule has 7 heteroatoms. The van der Waals surface area contributed by atoms with Crippen LogP contribution in [-0.2, 0) is 16.2 Å². The van der Waals surface area contributed by atoms with Crippen LogP contribution in [0.2, 0.25) is 0 Å². The van der Waals surface area contributed by atoms with E-state index in [-0.39, 0.29) is 12.4 Å². The predicted molar refractivity (Wildman–Crippen MR) is 70.3 cm³/mol. The van der Waals surface area contributed by atoms with Crippen molar-refractivity contribution in [2.75, 3.05) is 0 Å². The summed E-state index contributed by atoms with van der Waals surface area (Å²) in [6.45, 7) is 5.17. The zero-order valence-corrected chi connectivity index (χ0v) is 11.5. The first-order valence-electron chi connectivity index (χ1n) is 6.04. The Bertz CT molecular complexity index is 646. The molecule has 0 saturated heterocycles. The standard InChI is InChI=1S/C13H16FN3O3/c1-13(2,3)20-12(18)17-10-5-4-8(14)6-9(10)16-11(17)7-19-15/h4-6H,7,15H2,1-3H3. The minimum absolute atomic E-state index is 0.0878. The molecule has 0 amide bonds. The molecule has 2 rings (SSSR count). The van der Waals surface area contributed by atoms with Gasteiger partial charge in [-0.3, -0.25) is 4.84 Å². The lowest BCUT2D eigenvalue weighted by molar-refractivity contribution is 0.0516. The molecule has 6 nitrogen and oxygen atoms in total. The summed E-state index contributed by atoms with van der Waals surface area (Å²) in [5.74, 6) is 4.84. The van der Waals surface area contributed by atoms with E-state index in [0.29, 0.717) is 11.0 Å². The monoisotopic (exact) mass is 281 g/mol. The van der Waals surface area contributed by atoms with Crippen molar-refractivity contribution in [3.63, 3.8) is 0 Å². The Kier molecular flexibility index (Phi) is 3.74. The van der Waals surface area contributed by atoms with E-state index in [9.17, 15) is 9.18 Å². The number of benzene rings is 1. The highest BCUT2D eigenvalue weighted by Crippen LogP contribution is 2.20. The molecule has 108 valence electrons. The molecule has 20 heavy (non-hydrogen) atoms. The fourth-order valence-corrected chi connectivity index (χ4v) is 1.79. The maximum Gasteiger partial charge on any atom is 0.420 e. The Hall–Kier alpha value is -1.99. The number of nitrogens with two attached hydrogens (primary N) is 1. The van der Waals surface area contributed by atoms with Gasteiger partial charge in [0.25, 0.3) is 0 Å². The molecule has 0 unspecified atom stereocenters. The molecule has 0 fully saturated rings. The molecular formula is C13H16FN3O3. The van der Waals surface area contributed by atoms with Crippen molar-refractivity contribution in [1.29, 1.82) is 0 Å². The first-order chi connectivity index (χ1) is 9.31. The second-order valence-electron chi connectivity index (χ2n) is 5.29. The van der Waals surface area contributed by atoms with Crippen LogP contribution in [0.4, 0.5) is 9.18 Å². The van der Waals surface area contributed by atoms with Crippen molar-refractivity contribution in [3.05, 3.63) is 29.8 Å². The summed E-state index contributed by atoms with van der Waals surface area (Å²) < 4.78 is 19.7. The smallest absolute Gasteiger partial charge is 0.420 e. The number of carbonyl (C=O) groups is 1. The second kappa shape index (κ2) is 5.18. The van der Waals surface area contributed by atoms with Crippen LogP contribution in [0, 0.1) is 5.82 Å². The van der Waals surface area contributed by atoms with Crippen LogP contribution in [0.3, 0.4) is 0 Å². The fraction of sp³-hybridized carbons (Fsp3) is 0.385. The summed E-state index contributed by atoms with van der Waals surface area (Å²) in [7, 11) is 0. The van der Waals surface area contributed by atoms with E-state index in [1.165, 1.54) is 22.8 Å². The third kappa shape index (κ3) is 2.94. The van der Waals surface area contributed by atoms with Gasteiger partial charge in [0.15, 0.2) is 0 Å². The molecule has 0 radical (unpaired) electrons. The van der Waals surface area contributed by atoms with Gasteiger partial charge < -0.3 is 4.74 Å². The zero-order valence-electron chi connectivity index (χ0n) is 11.5. The Labute approximate surface area is 115 Å². The number of rotatable bonds is 2. The van der Waals surface area contributed by atoms with Crippen LogP contribution in [0.25, 0.3) is 11.0 Å². The third-order valence-electron chi connectivity index (χ3n) is 2.47. The highest BCUT2D eigenvalue weighted by Gasteiger charge is 2.23. The number of imidazole rings is 1. The average Bonchev–Trinajstić information content (AvgIpc) is 2.64. The van der Waals surface area contributed by atoms with Crippen LogP contribution in [0.15, 0.2) is 18.2 Å². The molecule has 1 heterocycles. The Morgan fingerprint density at radius 2 is 2.15 bits per heavy atom. The molecule has 1 aromatic carbocycles. The molecule has 1 aromatic heterocycles. The van der Waals surface area contributed by atoms with Crippen molar-refractivity contribution in [3.8, 4) is 0 Å². The van der Waals surface area contributed by atoms with Gasteiger partial charge in [-0.2, -0.15) is 0 Å². The normalized spacial score (nSPS) is 11.8. The van der Waals surface area contributed by atoms with Gasteiger partial charge in [0.05, 0.1) is 11.0 Å². The van der Waals surface area contributed by atoms with Crippen LogP contribution >= 0.6 is 0 Å². The molecule has 0 spiro atoms. The van der Waals surface area contributed by atoms with E-state index in [1.807, 2.05) is 0 Å². The number of fused-ring (bicyclic) bond motifs is 1. The van der Waals surface area contributed by atoms with Gasteiger partial charge in [-0.15, -0.1) is 0 Å². The molecule has 0 atom stereocenters. The van der Waals surface area contributed by atoms with Gasteiger partial charge >= 0.3 is 6.09 Å². The first kappa shape index (κ1) is 14.4. The lowest BCUT2D eigenvalue weighted by Crippen LogP contribution is -2.28. The number of hydrogen-bond donors (Lipinski definition) is 1. The number of halogens is 1. The first-order valence-corrected chi connectivity index (χ1v) is 6.04. The molecule has 0 aliphatic carbocycles. The van der Waals surface area contributed by atoms with Gasteiger partial charge in [0.1, 0.15) is 23.8 Å². The van der Waals surface area contributed by atoms with Crippen molar-refractivity contribution >= 4 is 17.1 Å². The summed E-state index contributed by atoms with van der Waals surface area (Å²) >= 11 is 0. The largest absolute Gasteiger partial charge is 0.443 e. The quantitative estimate of drug-likeness (QED) is 0.855. The van der Waals surface area contributed by atoms with Crippen LogP contribution in [-0.4, -0.2) is 21.2 Å². The van der Waals surface area contributed by atoms with Gasteiger partial charge in [0, 0.05) is 6.07 Å². The Morgan fingerprint density at radius 3 is 2.75 bits per heavy atom. The molecule has 0 aliphatic rings. The number of carbonyl (C=O) groups excluding carboxylic acids is 1. The maximum atomic E-state index is 13.2. The third-order valence-corrected chi connectivity index (χ3v) is 2.47. The maximum absolute atomic E-state index is 13.2. The van der Waals surface area contributed by atoms with E-state index in [2.05, 4.69) is 9.82 Å². The van der Waals surface area contributed by atoms with Gasteiger partial charge in [-0.05, 0) is 32.9 Å². The summed E-state index contributed by atoms with van der Waals surface area (Å²) in [4.78, 5) is 20.9. The minimum atomic E-state index is -0.658. The van der Waals surface area contributed by atoms with E-state index in [1.54, 1.807) is 20.8 Å². The summed E-state index contributed by atoms with van der Waals surface area (Å²) in [6.07, 6.45) is -0.612. The lowest BCUT2D eigenvalue weighted by Gasteiger charge is -2.20. The SMILES string of the molecule is CC(C)(C)OC(=O)n1c(CON)nc2cc(F)ccc21. The number of nitrogens with zero attached hydrogens (tertiary/aromatic N) is 2. The molecule has 0 saturated carbocycles. The van der Waals surface area contributed by atoms with Gasteiger partial charge in [-0.25, -0.2) is 24.6 Å². The van der Waals surface area contributed by atoms with Crippen molar-refractivity contribution in [1.82, 2.24) is 9.55 Å². The highest BCUT2D eigenvalue weighted by atomic mass is 19.1. The van der Waals surface area contributed by atoms with Gasteiger partial charge in [0.2, 0.25) is 0 Å². The summed E-state index contributed by atoms with van der Waals surface area (Å²) in [5, 5.41) is 0. The van der Waals surface area contributed by atoms with Crippen molar-refractivity contribution in [2.24, 2.45) is 5.90 Å². The number of aromatic nitrogens is 2. The summed E-state index contributed by atoms with van der Waals surface area (Å²) in [6, 6.07) is 3.94. The topological polar surface area (TPSA) is 79.4 Å². The van der Waals surface area contributed by atoms with E-state index in [0.717, 1.165) is 0 Å². The van der Waals surface area contributed by atoms with Crippen LogP contribution < -0.4 is 5.90 Å². The van der Waals surface area contributed by atoms with Crippen LogP contribution in [0.5, 0.6) is 0 Å². The average molecular weight is 281 g/mol. The highest BCUT2D eigenvalue weighted by molar-refractivity contribution is 5.87. The van der Waals surface area contributed by atoms with Crippen molar-refractivity contribution < 1.29 is 18.8 Å². The van der Waals surface area contributed by atoms with E-state index < -0.39 is 17.5 Å². The minimum Gasteiger partial charge on any atom is -0.443 e. The number of hydrogen-bond acceptors (Lipinski definition) is 5. The predicted octanol–water partition coefficient (Wildman–Crippen LogP) is 2.35. The Morgan fingerprint density at radius 1 is 1.45 bits per heavy atom. The van der Waals surface area contributed by atoms with E-state index in [4.69, 9.17) is 10.6 Å². The molecule has 2 N–H and O–H groups in total. The molecule has 2 aromatic rings. The van der Waals surface area contributed by atoms with Crippen LogP contribution in [0.1, 0.15) is 26.6 Å². The molecule has 0 aliphatic heterocycles. The van der Waals surface area contributed by atoms with E-state index >= 15 is 0 Å². The zero-order chi connectivity index (χ0) is 14.9. The molecular weight excluding hydrogens is 265 g/mol. The van der Waals surface area contributed by atoms with Crippen molar-refractivity contribution in [2.45, 2.75) is 33.0 Å². The molecule has 0 bridgehead atoms.